The maximum absolute atomic E-state index is 5.46. The Morgan fingerprint density at radius 3 is 1.96 bits per heavy atom. The zero-order valence-corrected chi connectivity index (χ0v) is 15.2. The summed E-state index contributed by atoms with van der Waals surface area (Å²) >= 11 is 0. The van der Waals surface area contributed by atoms with Crippen molar-refractivity contribution in [3.63, 3.8) is 0 Å². The number of rotatable bonds is 6. The molecule has 0 aromatic heterocycles. The molecule has 0 unspecified atom stereocenters. The number of nitrogens with zero attached hydrogens (tertiary/aromatic N) is 2. The summed E-state index contributed by atoms with van der Waals surface area (Å²) in [4.78, 5) is 5.21. The Morgan fingerprint density at radius 1 is 0.875 bits per heavy atom. The van der Waals surface area contributed by atoms with Crippen molar-refractivity contribution in [1.82, 2.24) is 9.80 Å². The van der Waals surface area contributed by atoms with Crippen LogP contribution in [0, 0.1) is 0 Å². The average Bonchev–Trinajstić information content (AvgIpc) is 3.16. The molecule has 0 radical (unpaired) electrons. The van der Waals surface area contributed by atoms with Crippen LogP contribution in [0.1, 0.15) is 31.2 Å². The van der Waals surface area contributed by atoms with E-state index in [-0.39, 0.29) is 0 Å². The summed E-state index contributed by atoms with van der Waals surface area (Å²) in [6.45, 7) is 5.57. The van der Waals surface area contributed by atoms with E-state index in [2.05, 4.69) is 21.9 Å². The Kier molecular flexibility index (Phi) is 5.85. The Hall–Kier alpha value is -1.46. The Morgan fingerprint density at radius 2 is 1.46 bits per heavy atom. The minimum Gasteiger partial charge on any atom is -0.493 e. The summed E-state index contributed by atoms with van der Waals surface area (Å²) in [6, 6.07) is 4.96. The molecule has 1 aromatic rings. The molecule has 1 saturated carbocycles. The predicted molar refractivity (Wildman–Crippen MR) is 95.2 cm³/mol. The molecular weight excluding hydrogens is 304 g/mol. The number of piperazine rings is 1. The van der Waals surface area contributed by atoms with E-state index in [0.717, 1.165) is 37.2 Å². The van der Waals surface area contributed by atoms with Crippen molar-refractivity contribution in [1.29, 1.82) is 0 Å². The van der Waals surface area contributed by atoms with Crippen LogP contribution in [-0.2, 0) is 6.54 Å². The maximum Gasteiger partial charge on any atom is 0.203 e. The van der Waals surface area contributed by atoms with Gasteiger partial charge in [-0.05, 0) is 30.5 Å². The van der Waals surface area contributed by atoms with Crippen LogP contribution in [0.15, 0.2) is 12.1 Å². The first-order valence-electron chi connectivity index (χ1n) is 9.00. The lowest BCUT2D eigenvalue weighted by Crippen LogP contribution is -2.49. The lowest BCUT2D eigenvalue weighted by molar-refractivity contribution is 0.0936. The standard InChI is InChI=1S/C19H30N2O3/c1-22-17-12-15(13-18(23-2)19(17)24-3)14-20-8-10-21(11-9-20)16-6-4-5-7-16/h12-13,16H,4-11,14H2,1-3H3. The van der Waals surface area contributed by atoms with Gasteiger partial charge in [-0.2, -0.15) is 0 Å². The molecular formula is C19H30N2O3. The number of benzene rings is 1. The van der Waals surface area contributed by atoms with E-state index >= 15 is 0 Å². The fraction of sp³-hybridized carbons (Fsp3) is 0.684. The van der Waals surface area contributed by atoms with Gasteiger partial charge in [-0.3, -0.25) is 9.80 Å². The van der Waals surface area contributed by atoms with Gasteiger partial charge in [0.15, 0.2) is 11.5 Å². The van der Waals surface area contributed by atoms with Gasteiger partial charge in [0.1, 0.15) is 0 Å². The van der Waals surface area contributed by atoms with Gasteiger partial charge < -0.3 is 14.2 Å². The third-order valence-electron chi connectivity index (χ3n) is 5.38. The third-order valence-corrected chi connectivity index (χ3v) is 5.38. The molecule has 3 rings (SSSR count). The molecule has 0 amide bonds. The molecule has 24 heavy (non-hydrogen) atoms. The second kappa shape index (κ2) is 8.08. The van der Waals surface area contributed by atoms with Crippen LogP contribution in [0.4, 0.5) is 0 Å². The first kappa shape index (κ1) is 17.4. The van der Waals surface area contributed by atoms with Gasteiger partial charge in [-0.1, -0.05) is 12.8 Å². The van der Waals surface area contributed by atoms with Crippen LogP contribution in [0.25, 0.3) is 0 Å². The summed E-state index contributed by atoms with van der Waals surface area (Å²) in [6.07, 6.45) is 5.62. The van der Waals surface area contributed by atoms with Gasteiger partial charge in [0.05, 0.1) is 21.3 Å². The molecule has 5 nitrogen and oxygen atoms in total. The molecule has 1 aromatic carbocycles. The van der Waals surface area contributed by atoms with Crippen molar-refractivity contribution >= 4 is 0 Å². The van der Waals surface area contributed by atoms with E-state index < -0.39 is 0 Å². The summed E-state index contributed by atoms with van der Waals surface area (Å²) in [5.41, 5.74) is 1.21. The van der Waals surface area contributed by atoms with Crippen LogP contribution in [0.3, 0.4) is 0 Å². The van der Waals surface area contributed by atoms with Crippen molar-refractivity contribution in [3.8, 4) is 17.2 Å². The van der Waals surface area contributed by atoms with E-state index in [1.165, 1.54) is 44.3 Å². The molecule has 1 heterocycles. The summed E-state index contributed by atoms with van der Waals surface area (Å²) in [5, 5.41) is 0. The van der Waals surface area contributed by atoms with Crippen molar-refractivity contribution < 1.29 is 14.2 Å². The monoisotopic (exact) mass is 334 g/mol. The highest BCUT2D eigenvalue weighted by molar-refractivity contribution is 5.53. The van der Waals surface area contributed by atoms with Crippen molar-refractivity contribution in [2.45, 2.75) is 38.3 Å². The molecule has 0 atom stereocenters. The van der Waals surface area contributed by atoms with Gasteiger partial charge in [-0.15, -0.1) is 0 Å². The first-order chi connectivity index (χ1) is 11.7. The molecule has 0 spiro atoms. The summed E-state index contributed by atoms with van der Waals surface area (Å²) in [7, 11) is 4.98. The lowest BCUT2D eigenvalue weighted by Gasteiger charge is -2.38. The second-order valence-electron chi connectivity index (χ2n) is 6.78. The third kappa shape index (κ3) is 3.78. The summed E-state index contributed by atoms with van der Waals surface area (Å²) < 4.78 is 16.3. The number of hydrogen-bond acceptors (Lipinski definition) is 5. The zero-order valence-electron chi connectivity index (χ0n) is 15.2. The molecule has 2 fully saturated rings. The highest BCUT2D eigenvalue weighted by Gasteiger charge is 2.26. The smallest absolute Gasteiger partial charge is 0.203 e. The van der Waals surface area contributed by atoms with Crippen molar-refractivity contribution in [2.75, 3.05) is 47.5 Å². The minimum atomic E-state index is 0.662. The van der Waals surface area contributed by atoms with Gasteiger partial charge in [-0.25, -0.2) is 0 Å². The minimum absolute atomic E-state index is 0.662. The van der Waals surface area contributed by atoms with E-state index in [0.29, 0.717) is 5.75 Å². The average molecular weight is 334 g/mol. The Labute approximate surface area is 145 Å². The van der Waals surface area contributed by atoms with Gasteiger partial charge in [0.2, 0.25) is 5.75 Å². The van der Waals surface area contributed by atoms with Crippen molar-refractivity contribution in [2.24, 2.45) is 0 Å². The quantitative estimate of drug-likeness (QED) is 0.799. The van der Waals surface area contributed by atoms with Gasteiger partial charge in [0, 0.05) is 38.8 Å². The molecule has 134 valence electrons. The predicted octanol–water partition coefficient (Wildman–Crippen LogP) is 2.77. The molecule has 1 aliphatic carbocycles. The largest absolute Gasteiger partial charge is 0.493 e. The van der Waals surface area contributed by atoms with E-state index in [4.69, 9.17) is 14.2 Å². The fourth-order valence-corrected chi connectivity index (χ4v) is 4.04. The lowest BCUT2D eigenvalue weighted by atomic mass is 10.1. The van der Waals surface area contributed by atoms with Crippen molar-refractivity contribution in [3.05, 3.63) is 17.7 Å². The normalized spacial score (nSPS) is 20.3. The van der Waals surface area contributed by atoms with Gasteiger partial charge in [0.25, 0.3) is 0 Å². The maximum atomic E-state index is 5.46. The first-order valence-corrected chi connectivity index (χ1v) is 9.00. The molecule has 0 N–H and O–H groups in total. The van der Waals surface area contributed by atoms with Crippen LogP contribution in [0.2, 0.25) is 0 Å². The summed E-state index contributed by atoms with van der Waals surface area (Å²) in [5.74, 6) is 2.13. The van der Waals surface area contributed by atoms with E-state index in [1.807, 2.05) is 0 Å². The molecule has 5 heteroatoms. The van der Waals surface area contributed by atoms with Crippen LogP contribution in [-0.4, -0.2) is 63.4 Å². The molecule has 2 aliphatic rings. The number of hydrogen-bond donors (Lipinski definition) is 0. The van der Waals surface area contributed by atoms with E-state index in [1.54, 1.807) is 21.3 Å². The number of ether oxygens (including phenoxy) is 3. The van der Waals surface area contributed by atoms with E-state index in [9.17, 15) is 0 Å². The second-order valence-corrected chi connectivity index (χ2v) is 6.78. The van der Waals surface area contributed by atoms with Gasteiger partial charge >= 0.3 is 0 Å². The topological polar surface area (TPSA) is 34.2 Å². The highest BCUT2D eigenvalue weighted by Crippen LogP contribution is 2.38. The zero-order chi connectivity index (χ0) is 16.9. The molecule has 1 saturated heterocycles. The van der Waals surface area contributed by atoms with Crippen LogP contribution >= 0.6 is 0 Å². The molecule has 1 aliphatic heterocycles. The Balaban J connectivity index is 1.62. The number of methoxy groups -OCH3 is 3. The Bertz CT molecular complexity index is 510. The molecule has 0 bridgehead atoms. The highest BCUT2D eigenvalue weighted by atomic mass is 16.5. The van der Waals surface area contributed by atoms with Crippen LogP contribution in [0.5, 0.6) is 17.2 Å². The van der Waals surface area contributed by atoms with Crippen LogP contribution < -0.4 is 14.2 Å². The SMILES string of the molecule is COc1cc(CN2CCN(C3CCCC3)CC2)cc(OC)c1OC. The fourth-order valence-electron chi connectivity index (χ4n) is 4.04.